The minimum absolute atomic E-state index is 0.660. The molecule has 0 aliphatic carbocycles. The highest BCUT2D eigenvalue weighted by Crippen LogP contribution is 2.26. The van der Waals surface area contributed by atoms with Gasteiger partial charge in [-0.15, -0.1) is 0 Å². The van der Waals surface area contributed by atoms with Gasteiger partial charge in [0.05, 0.1) is 11.9 Å². The van der Waals surface area contributed by atoms with Gasteiger partial charge in [0.1, 0.15) is 11.4 Å². The number of hydrazine groups is 1. The second-order valence-electron chi connectivity index (χ2n) is 5.58. The van der Waals surface area contributed by atoms with Gasteiger partial charge < -0.3 is 14.8 Å². The van der Waals surface area contributed by atoms with Gasteiger partial charge in [-0.1, -0.05) is 5.16 Å². The van der Waals surface area contributed by atoms with E-state index in [-0.39, 0.29) is 0 Å². The number of aryl methyl sites for hydroxylation is 2. The quantitative estimate of drug-likeness (QED) is 0.697. The molecular formula is C16H21N7O. The zero-order valence-electron chi connectivity index (χ0n) is 14.5. The standard InChI is InChI=1S/C16H21N7O/c1-10(9-22(5)17-4)13-8-19-16-15(18-6-7-23(13)16)20-14-11(2)21-24-12(14)3/h6-9,17H,1-5H3,(H,18,20)/b10-9+. The Morgan fingerprint density at radius 3 is 2.79 bits per heavy atom. The molecule has 0 aliphatic heterocycles. The van der Waals surface area contributed by atoms with Crippen LogP contribution in [0.25, 0.3) is 11.2 Å². The minimum Gasteiger partial charge on any atom is -0.359 e. The average molecular weight is 327 g/mol. The van der Waals surface area contributed by atoms with Crippen LogP contribution in [0, 0.1) is 13.8 Å². The molecule has 0 spiro atoms. The molecule has 0 unspecified atom stereocenters. The predicted octanol–water partition coefficient (Wildman–Crippen LogP) is 2.50. The molecule has 3 aromatic rings. The molecule has 0 saturated carbocycles. The van der Waals surface area contributed by atoms with Gasteiger partial charge in [-0.2, -0.15) is 0 Å². The van der Waals surface area contributed by atoms with Gasteiger partial charge in [-0.25, -0.2) is 15.4 Å². The Morgan fingerprint density at radius 2 is 2.12 bits per heavy atom. The zero-order valence-corrected chi connectivity index (χ0v) is 14.5. The maximum atomic E-state index is 5.19. The Labute approximate surface area is 140 Å². The third-order valence-corrected chi connectivity index (χ3v) is 3.85. The van der Waals surface area contributed by atoms with E-state index in [9.17, 15) is 0 Å². The normalized spacial score (nSPS) is 12.0. The van der Waals surface area contributed by atoms with Crippen LogP contribution in [0.15, 0.2) is 29.3 Å². The molecule has 3 aromatic heterocycles. The number of hydrogen-bond acceptors (Lipinski definition) is 7. The van der Waals surface area contributed by atoms with Gasteiger partial charge in [0.2, 0.25) is 0 Å². The number of allylic oxidation sites excluding steroid dienone is 1. The van der Waals surface area contributed by atoms with Crippen LogP contribution in [0.2, 0.25) is 0 Å². The third kappa shape index (κ3) is 2.83. The number of anilines is 2. The summed E-state index contributed by atoms with van der Waals surface area (Å²) >= 11 is 0. The van der Waals surface area contributed by atoms with Crippen LogP contribution in [0.1, 0.15) is 24.1 Å². The van der Waals surface area contributed by atoms with Crippen molar-refractivity contribution in [3.05, 3.63) is 41.9 Å². The Kier molecular flexibility index (Phi) is 4.22. The van der Waals surface area contributed by atoms with Crippen LogP contribution in [0.4, 0.5) is 11.5 Å². The first-order valence-electron chi connectivity index (χ1n) is 7.62. The molecule has 126 valence electrons. The Bertz CT molecular complexity index is 874. The molecule has 0 aromatic carbocycles. The number of aromatic nitrogens is 4. The van der Waals surface area contributed by atoms with E-state index in [0.29, 0.717) is 5.82 Å². The number of nitrogens with zero attached hydrogens (tertiary/aromatic N) is 5. The lowest BCUT2D eigenvalue weighted by atomic mass is 10.2. The van der Waals surface area contributed by atoms with Crippen LogP contribution < -0.4 is 10.7 Å². The summed E-state index contributed by atoms with van der Waals surface area (Å²) < 4.78 is 7.19. The highest BCUT2D eigenvalue weighted by Gasteiger charge is 2.14. The van der Waals surface area contributed by atoms with Crippen LogP contribution in [0.3, 0.4) is 0 Å². The van der Waals surface area contributed by atoms with Gasteiger partial charge >= 0.3 is 0 Å². The van der Waals surface area contributed by atoms with Crippen LogP contribution in [-0.4, -0.2) is 38.6 Å². The second kappa shape index (κ2) is 6.32. The van der Waals surface area contributed by atoms with Crippen molar-refractivity contribution in [3.8, 4) is 0 Å². The summed E-state index contributed by atoms with van der Waals surface area (Å²) in [7, 11) is 3.81. The lowest BCUT2D eigenvalue weighted by molar-refractivity contribution is 0.366. The summed E-state index contributed by atoms with van der Waals surface area (Å²) in [6, 6.07) is 0. The van der Waals surface area contributed by atoms with Crippen LogP contribution in [0.5, 0.6) is 0 Å². The minimum atomic E-state index is 0.660. The monoisotopic (exact) mass is 327 g/mol. The smallest absolute Gasteiger partial charge is 0.180 e. The van der Waals surface area contributed by atoms with Crippen molar-refractivity contribution in [1.29, 1.82) is 0 Å². The molecule has 3 rings (SSSR count). The van der Waals surface area contributed by atoms with Gasteiger partial charge in [-0.3, -0.25) is 4.40 Å². The van der Waals surface area contributed by atoms with E-state index in [1.54, 1.807) is 6.20 Å². The molecule has 2 N–H and O–H groups in total. The lowest BCUT2D eigenvalue weighted by Gasteiger charge is -2.13. The maximum absolute atomic E-state index is 5.19. The molecule has 0 bridgehead atoms. The molecule has 24 heavy (non-hydrogen) atoms. The predicted molar refractivity (Wildman–Crippen MR) is 92.7 cm³/mol. The van der Waals surface area contributed by atoms with Gasteiger partial charge in [-0.05, 0) is 26.3 Å². The first-order chi connectivity index (χ1) is 11.5. The number of hydrogen-bond donors (Lipinski definition) is 2. The maximum Gasteiger partial charge on any atom is 0.180 e. The summed E-state index contributed by atoms with van der Waals surface area (Å²) in [6.45, 7) is 5.79. The molecule has 0 fully saturated rings. The first kappa shape index (κ1) is 16.0. The molecule has 0 radical (unpaired) electrons. The van der Waals surface area contributed by atoms with E-state index in [2.05, 4.69) is 25.9 Å². The number of nitrogens with one attached hydrogen (secondary N) is 2. The summed E-state index contributed by atoms with van der Waals surface area (Å²) in [5.41, 5.74) is 7.47. The average Bonchev–Trinajstić information content (AvgIpc) is 3.13. The van der Waals surface area contributed by atoms with E-state index in [0.717, 1.165) is 34.1 Å². The van der Waals surface area contributed by atoms with E-state index < -0.39 is 0 Å². The molecule has 3 heterocycles. The molecule has 8 heteroatoms. The summed E-state index contributed by atoms with van der Waals surface area (Å²) in [5.74, 6) is 1.38. The number of imidazole rings is 1. The zero-order chi connectivity index (χ0) is 17.3. The van der Waals surface area contributed by atoms with Crippen molar-refractivity contribution < 1.29 is 4.52 Å². The van der Waals surface area contributed by atoms with Gasteiger partial charge in [0, 0.05) is 32.7 Å². The van der Waals surface area contributed by atoms with E-state index in [4.69, 9.17) is 4.52 Å². The van der Waals surface area contributed by atoms with E-state index in [1.165, 1.54) is 0 Å². The topological polar surface area (TPSA) is 83.5 Å². The third-order valence-electron chi connectivity index (χ3n) is 3.85. The number of rotatable bonds is 5. The van der Waals surface area contributed by atoms with Crippen molar-refractivity contribution in [1.82, 2.24) is 30.0 Å². The van der Waals surface area contributed by atoms with Crippen molar-refractivity contribution in [3.63, 3.8) is 0 Å². The molecule has 8 nitrogen and oxygen atoms in total. The van der Waals surface area contributed by atoms with Crippen molar-refractivity contribution in [2.24, 2.45) is 0 Å². The summed E-state index contributed by atoms with van der Waals surface area (Å²) in [6.07, 6.45) is 7.48. The molecule has 0 atom stereocenters. The summed E-state index contributed by atoms with van der Waals surface area (Å²) in [4.78, 5) is 8.93. The van der Waals surface area contributed by atoms with Crippen LogP contribution in [-0.2, 0) is 0 Å². The SMILES string of the molecule is CNN(C)/C=C(\C)c1cnc2c(Nc3c(C)noc3C)nccn12. The fraction of sp³-hybridized carbons (Fsp3) is 0.312. The molecule has 0 aliphatic rings. The highest BCUT2D eigenvalue weighted by atomic mass is 16.5. The lowest BCUT2D eigenvalue weighted by Crippen LogP contribution is -2.25. The van der Waals surface area contributed by atoms with Crippen molar-refractivity contribution in [2.45, 2.75) is 20.8 Å². The molecule has 0 saturated heterocycles. The fourth-order valence-corrected chi connectivity index (χ4v) is 2.50. The Morgan fingerprint density at radius 1 is 1.33 bits per heavy atom. The van der Waals surface area contributed by atoms with Gasteiger partial charge in [0.25, 0.3) is 0 Å². The Balaban J connectivity index is 2.02. The van der Waals surface area contributed by atoms with Gasteiger partial charge in [0.15, 0.2) is 17.2 Å². The number of fused-ring (bicyclic) bond motifs is 1. The van der Waals surface area contributed by atoms with Crippen LogP contribution >= 0.6 is 0 Å². The fourth-order valence-electron chi connectivity index (χ4n) is 2.50. The second-order valence-corrected chi connectivity index (χ2v) is 5.58. The molecule has 0 amide bonds. The molecular weight excluding hydrogens is 306 g/mol. The highest BCUT2D eigenvalue weighted by molar-refractivity contribution is 5.74. The Hall–Kier alpha value is -2.87. The summed E-state index contributed by atoms with van der Waals surface area (Å²) in [5, 5.41) is 9.12. The first-order valence-corrected chi connectivity index (χ1v) is 7.62. The largest absolute Gasteiger partial charge is 0.359 e. The van der Waals surface area contributed by atoms with E-state index in [1.807, 2.05) is 62.9 Å². The van der Waals surface area contributed by atoms with Crippen molar-refractivity contribution >= 4 is 22.7 Å². The van der Waals surface area contributed by atoms with Crippen molar-refractivity contribution in [2.75, 3.05) is 19.4 Å². The van der Waals surface area contributed by atoms with E-state index >= 15 is 0 Å².